The van der Waals surface area contributed by atoms with Gasteiger partial charge in [-0.3, -0.25) is 4.79 Å². The van der Waals surface area contributed by atoms with E-state index >= 15 is 0 Å². The average Bonchev–Trinajstić information content (AvgIpc) is 2.09. The molecule has 0 fully saturated rings. The first-order valence-corrected chi connectivity index (χ1v) is 5.61. The second kappa shape index (κ2) is 5.34. The predicted octanol–water partition coefficient (Wildman–Crippen LogP) is 2.57. The molecule has 0 unspecified atom stereocenters. The summed E-state index contributed by atoms with van der Waals surface area (Å²) in [5.41, 5.74) is 0.717. The number of carbonyl (C=O) groups is 1. The molecule has 1 aromatic rings. The molecule has 0 saturated heterocycles. The maximum Gasteiger partial charge on any atom is 0.225 e. The quantitative estimate of drug-likeness (QED) is 0.689. The number of aromatic nitrogens is 1. The zero-order chi connectivity index (χ0) is 9.68. The van der Waals surface area contributed by atoms with E-state index in [9.17, 15) is 4.79 Å². The van der Waals surface area contributed by atoms with Crippen LogP contribution in [0.4, 0.5) is 5.69 Å². The SMILES string of the molecule is O=C(CCBr)Nc1ccc(Br)nc1. The summed E-state index contributed by atoms with van der Waals surface area (Å²) in [5.74, 6) is -0.0130. The normalized spacial score (nSPS) is 9.69. The number of nitrogens with one attached hydrogen (secondary N) is 1. The molecule has 1 rings (SSSR count). The number of alkyl halides is 1. The van der Waals surface area contributed by atoms with Crippen LogP contribution < -0.4 is 5.32 Å². The minimum absolute atomic E-state index is 0.0130. The molecular formula is C8H8Br2N2O. The lowest BCUT2D eigenvalue weighted by Gasteiger charge is -2.02. The molecule has 1 aromatic heterocycles. The number of rotatable bonds is 3. The van der Waals surface area contributed by atoms with Crippen LogP contribution in [0.25, 0.3) is 0 Å². The molecule has 3 nitrogen and oxygen atoms in total. The van der Waals surface area contributed by atoms with E-state index < -0.39 is 0 Å². The molecule has 0 spiro atoms. The van der Waals surface area contributed by atoms with Crippen molar-refractivity contribution in [2.45, 2.75) is 6.42 Å². The first-order chi connectivity index (χ1) is 6.22. The Balaban J connectivity index is 2.54. The van der Waals surface area contributed by atoms with Gasteiger partial charge in [-0.05, 0) is 28.1 Å². The molecule has 5 heteroatoms. The van der Waals surface area contributed by atoms with Gasteiger partial charge in [0.25, 0.3) is 0 Å². The Labute approximate surface area is 93.2 Å². The lowest BCUT2D eigenvalue weighted by atomic mass is 10.4. The number of amides is 1. The van der Waals surface area contributed by atoms with Crippen LogP contribution in [0.5, 0.6) is 0 Å². The Kier molecular flexibility index (Phi) is 4.38. The maximum absolute atomic E-state index is 11.1. The van der Waals surface area contributed by atoms with Crippen LogP contribution in [-0.4, -0.2) is 16.2 Å². The first-order valence-electron chi connectivity index (χ1n) is 3.70. The van der Waals surface area contributed by atoms with Crippen molar-refractivity contribution in [1.29, 1.82) is 0 Å². The molecule has 1 N–H and O–H groups in total. The number of hydrogen-bond donors (Lipinski definition) is 1. The summed E-state index contributed by atoms with van der Waals surface area (Å²) >= 11 is 6.40. The molecule has 1 heterocycles. The highest BCUT2D eigenvalue weighted by Gasteiger charge is 2.00. The van der Waals surface area contributed by atoms with Gasteiger partial charge in [-0.25, -0.2) is 4.98 Å². The van der Waals surface area contributed by atoms with Crippen LogP contribution in [0.15, 0.2) is 22.9 Å². The molecule has 0 atom stereocenters. The monoisotopic (exact) mass is 306 g/mol. The Bertz CT molecular complexity index is 287. The maximum atomic E-state index is 11.1. The second-order valence-electron chi connectivity index (χ2n) is 2.36. The molecule has 13 heavy (non-hydrogen) atoms. The van der Waals surface area contributed by atoms with Crippen molar-refractivity contribution in [2.75, 3.05) is 10.6 Å². The fourth-order valence-electron chi connectivity index (χ4n) is 0.759. The second-order valence-corrected chi connectivity index (χ2v) is 3.96. The third-order valence-corrected chi connectivity index (χ3v) is 2.20. The Morgan fingerprint density at radius 3 is 2.85 bits per heavy atom. The van der Waals surface area contributed by atoms with Crippen LogP contribution in [0, 0.1) is 0 Å². The topological polar surface area (TPSA) is 42.0 Å². The van der Waals surface area contributed by atoms with Crippen molar-refractivity contribution in [3.8, 4) is 0 Å². The van der Waals surface area contributed by atoms with Gasteiger partial charge in [-0.1, -0.05) is 15.9 Å². The van der Waals surface area contributed by atoms with Gasteiger partial charge in [0.1, 0.15) is 4.60 Å². The summed E-state index contributed by atoms with van der Waals surface area (Å²) < 4.78 is 0.756. The molecule has 0 radical (unpaired) electrons. The van der Waals surface area contributed by atoms with Crippen molar-refractivity contribution < 1.29 is 4.79 Å². The summed E-state index contributed by atoms with van der Waals surface area (Å²) in [6.07, 6.45) is 2.08. The average molecular weight is 308 g/mol. The van der Waals surface area contributed by atoms with Gasteiger partial charge in [0.05, 0.1) is 11.9 Å². The van der Waals surface area contributed by atoms with Crippen molar-refractivity contribution in [2.24, 2.45) is 0 Å². The lowest BCUT2D eigenvalue weighted by molar-refractivity contribution is -0.115. The van der Waals surface area contributed by atoms with Gasteiger partial charge in [0.15, 0.2) is 0 Å². The van der Waals surface area contributed by atoms with Crippen molar-refractivity contribution in [1.82, 2.24) is 4.98 Å². The van der Waals surface area contributed by atoms with Gasteiger partial charge >= 0.3 is 0 Å². The Hall–Kier alpha value is -0.420. The summed E-state index contributed by atoms with van der Waals surface area (Å²) in [6, 6.07) is 3.58. The highest BCUT2D eigenvalue weighted by Crippen LogP contribution is 2.10. The standard InChI is InChI=1S/C8H8Br2N2O/c9-4-3-8(13)12-6-1-2-7(10)11-5-6/h1-2,5H,3-4H2,(H,12,13). The molecule has 0 aliphatic rings. The molecular weight excluding hydrogens is 300 g/mol. The van der Waals surface area contributed by atoms with Gasteiger partial charge in [0.2, 0.25) is 5.91 Å². The van der Waals surface area contributed by atoms with Gasteiger partial charge in [-0.15, -0.1) is 0 Å². The molecule has 0 aromatic carbocycles. The van der Waals surface area contributed by atoms with Gasteiger partial charge in [-0.2, -0.15) is 0 Å². The third kappa shape index (κ3) is 3.87. The van der Waals surface area contributed by atoms with Crippen LogP contribution in [-0.2, 0) is 4.79 Å². The van der Waals surface area contributed by atoms with Gasteiger partial charge in [0, 0.05) is 11.8 Å². The molecule has 0 bridgehead atoms. The van der Waals surface area contributed by atoms with E-state index in [1.54, 1.807) is 18.3 Å². The predicted molar refractivity (Wildman–Crippen MR) is 59.0 cm³/mol. The van der Waals surface area contributed by atoms with Crippen molar-refractivity contribution in [3.63, 3.8) is 0 Å². The molecule has 0 saturated carbocycles. The summed E-state index contributed by atoms with van der Waals surface area (Å²) in [5, 5.41) is 3.39. The molecule has 0 aliphatic carbocycles. The summed E-state index contributed by atoms with van der Waals surface area (Å²) in [7, 11) is 0. The third-order valence-electron chi connectivity index (χ3n) is 1.33. The summed E-state index contributed by atoms with van der Waals surface area (Å²) in [6.45, 7) is 0. The fraction of sp³-hybridized carbons (Fsp3) is 0.250. The number of pyridine rings is 1. The largest absolute Gasteiger partial charge is 0.325 e. The van der Waals surface area contributed by atoms with E-state index in [2.05, 4.69) is 42.2 Å². The highest BCUT2D eigenvalue weighted by molar-refractivity contribution is 9.10. The van der Waals surface area contributed by atoms with Gasteiger partial charge < -0.3 is 5.32 Å². The van der Waals surface area contributed by atoms with E-state index in [-0.39, 0.29) is 5.91 Å². The van der Waals surface area contributed by atoms with Crippen LogP contribution in [0.2, 0.25) is 0 Å². The molecule has 0 aliphatic heterocycles. The number of hydrogen-bond acceptors (Lipinski definition) is 2. The number of anilines is 1. The van der Waals surface area contributed by atoms with Crippen LogP contribution in [0.1, 0.15) is 6.42 Å². The molecule has 1 amide bonds. The van der Waals surface area contributed by atoms with E-state index in [1.807, 2.05) is 0 Å². The summed E-state index contributed by atoms with van der Waals surface area (Å²) in [4.78, 5) is 15.1. The van der Waals surface area contributed by atoms with E-state index in [0.29, 0.717) is 17.4 Å². The smallest absolute Gasteiger partial charge is 0.225 e. The minimum atomic E-state index is -0.0130. The van der Waals surface area contributed by atoms with Crippen LogP contribution in [0.3, 0.4) is 0 Å². The van der Waals surface area contributed by atoms with E-state index in [0.717, 1.165) is 4.60 Å². The zero-order valence-electron chi connectivity index (χ0n) is 6.76. The number of nitrogens with zero attached hydrogens (tertiary/aromatic N) is 1. The number of carbonyl (C=O) groups excluding carboxylic acids is 1. The Morgan fingerprint density at radius 1 is 1.54 bits per heavy atom. The molecule has 70 valence electrons. The van der Waals surface area contributed by atoms with E-state index in [4.69, 9.17) is 0 Å². The number of halogens is 2. The van der Waals surface area contributed by atoms with E-state index in [1.165, 1.54) is 0 Å². The van der Waals surface area contributed by atoms with Crippen molar-refractivity contribution >= 4 is 43.5 Å². The highest BCUT2D eigenvalue weighted by atomic mass is 79.9. The zero-order valence-corrected chi connectivity index (χ0v) is 9.93. The lowest BCUT2D eigenvalue weighted by Crippen LogP contribution is -2.11. The van der Waals surface area contributed by atoms with Crippen molar-refractivity contribution in [3.05, 3.63) is 22.9 Å². The fourth-order valence-corrected chi connectivity index (χ4v) is 1.35. The van der Waals surface area contributed by atoms with Crippen LogP contribution >= 0.6 is 31.9 Å². The minimum Gasteiger partial charge on any atom is -0.325 e. The first kappa shape index (κ1) is 10.7. The Morgan fingerprint density at radius 2 is 2.31 bits per heavy atom.